The van der Waals surface area contributed by atoms with E-state index in [1.54, 1.807) is 0 Å². The third-order valence-corrected chi connectivity index (χ3v) is 4.16. The van der Waals surface area contributed by atoms with Gasteiger partial charge in [0.2, 0.25) is 0 Å². The zero-order valence-electron chi connectivity index (χ0n) is 10.9. The fourth-order valence-electron chi connectivity index (χ4n) is 2.88. The summed E-state index contributed by atoms with van der Waals surface area (Å²) in [7, 11) is 0. The monoisotopic (exact) mass is 253 g/mol. The highest BCUT2D eigenvalue weighted by Crippen LogP contribution is 2.34. The molecule has 1 aromatic carbocycles. The quantitative estimate of drug-likeness (QED) is 0.835. The predicted octanol–water partition coefficient (Wildman–Crippen LogP) is 4.31. The number of aryl methyl sites for hydroxylation is 1. The number of rotatable bonds is 2. The second-order valence-electron chi connectivity index (χ2n) is 5.21. The molecule has 1 aromatic rings. The van der Waals surface area contributed by atoms with Gasteiger partial charge >= 0.3 is 0 Å². The van der Waals surface area contributed by atoms with Crippen molar-refractivity contribution in [3.63, 3.8) is 0 Å². The standard InChI is InChI=1S/C15H23N.ClH/c1-11-7-6-10-14(12(11)2)15(16)13-8-4-3-5-9-13;/h6-7,10,13,15H,3-5,8-9,16H2,1-2H3;1H/t15-;/m0./s1. The fraction of sp³-hybridized carbons (Fsp3) is 0.600. The van der Waals surface area contributed by atoms with Crippen molar-refractivity contribution < 1.29 is 0 Å². The van der Waals surface area contributed by atoms with Crippen LogP contribution in [0.1, 0.15) is 54.8 Å². The summed E-state index contributed by atoms with van der Waals surface area (Å²) in [4.78, 5) is 0. The summed E-state index contributed by atoms with van der Waals surface area (Å²) >= 11 is 0. The molecule has 1 nitrogen and oxygen atoms in total. The summed E-state index contributed by atoms with van der Waals surface area (Å²) in [6.45, 7) is 4.37. The summed E-state index contributed by atoms with van der Waals surface area (Å²) < 4.78 is 0. The SMILES string of the molecule is Cc1cccc([C@@H](N)C2CCCCC2)c1C.Cl. The van der Waals surface area contributed by atoms with Gasteiger partial charge in [-0.3, -0.25) is 0 Å². The maximum absolute atomic E-state index is 6.44. The molecule has 0 spiro atoms. The van der Waals surface area contributed by atoms with Crippen molar-refractivity contribution in [2.24, 2.45) is 11.7 Å². The molecule has 0 amide bonds. The summed E-state index contributed by atoms with van der Waals surface area (Å²) in [6, 6.07) is 6.77. The molecular weight excluding hydrogens is 230 g/mol. The van der Waals surface area contributed by atoms with E-state index in [1.165, 1.54) is 48.8 Å². The molecule has 0 saturated heterocycles. The van der Waals surface area contributed by atoms with Crippen molar-refractivity contribution in [1.82, 2.24) is 0 Å². The van der Waals surface area contributed by atoms with Gasteiger partial charge in [-0.1, -0.05) is 37.5 Å². The van der Waals surface area contributed by atoms with Crippen LogP contribution in [0.3, 0.4) is 0 Å². The maximum Gasteiger partial charge on any atom is 0.0326 e. The number of benzene rings is 1. The largest absolute Gasteiger partial charge is 0.324 e. The first-order chi connectivity index (χ1) is 7.70. The van der Waals surface area contributed by atoms with Gasteiger partial charge in [0.1, 0.15) is 0 Å². The van der Waals surface area contributed by atoms with Crippen molar-refractivity contribution in [3.05, 3.63) is 34.9 Å². The molecule has 0 unspecified atom stereocenters. The van der Waals surface area contributed by atoms with Gasteiger partial charge in [-0.25, -0.2) is 0 Å². The van der Waals surface area contributed by atoms with Crippen molar-refractivity contribution >= 4 is 12.4 Å². The Labute approximate surface area is 111 Å². The maximum atomic E-state index is 6.44. The Morgan fingerprint density at radius 2 is 1.76 bits per heavy atom. The van der Waals surface area contributed by atoms with Crippen LogP contribution in [0.25, 0.3) is 0 Å². The van der Waals surface area contributed by atoms with Crippen LogP contribution in [0.2, 0.25) is 0 Å². The van der Waals surface area contributed by atoms with E-state index in [-0.39, 0.29) is 18.4 Å². The second kappa shape index (κ2) is 6.42. The molecule has 2 rings (SSSR count). The first-order valence-electron chi connectivity index (χ1n) is 6.52. The highest BCUT2D eigenvalue weighted by molar-refractivity contribution is 5.85. The number of hydrogen-bond donors (Lipinski definition) is 1. The Balaban J connectivity index is 0.00000144. The molecule has 0 aromatic heterocycles. The molecule has 0 heterocycles. The van der Waals surface area contributed by atoms with Crippen molar-refractivity contribution in [3.8, 4) is 0 Å². The topological polar surface area (TPSA) is 26.0 Å². The lowest BCUT2D eigenvalue weighted by Gasteiger charge is -2.29. The van der Waals surface area contributed by atoms with Crippen LogP contribution < -0.4 is 5.73 Å². The van der Waals surface area contributed by atoms with Gasteiger partial charge in [0.15, 0.2) is 0 Å². The van der Waals surface area contributed by atoms with Crippen LogP contribution in [-0.2, 0) is 0 Å². The first kappa shape index (κ1) is 14.5. The van der Waals surface area contributed by atoms with Crippen LogP contribution >= 0.6 is 12.4 Å². The van der Waals surface area contributed by atoms with Crippen molar-refractivity contribution in [1.29, 1.82) is 0 Å². The smallest absolute Gasteiger partial charge is 0.0326 e. The van der Waals surface area contributed by atoms with Crippen molar-refractivity contribution in [2.75, 3.05) is 0 Å². The van der Waals surface area contributed by atoms with Gasteiger partial charge in [0.05, 0.1) is 0 Å². The molecule has 0 aliphatic heterocycles. The summed E-state index contributed by atoms with van der Waals surface area (Å²) in [6.07, 6.45) is 6.76. The normalized spacial score (nSPS) is 18.5. The van der Waals surface area contributed by atoms with Gasteiger partial charge in [0, 0.05) is 6.04 Å². The van der Waals surface area contributed by atoms with Gasteiger partial charge in [0.25, 0.3) is 0 Å². The Bertz CT molecular complexity index is 356. The lowest BCUT2D eigenvalue weighted by molar-refractivity contribution is 0.307. The molecule has 1 aliphatic carbocycles. The lowest BCUT2D eigenvalue weighted by Crippen LogP contribution is -2.24. The molecule has 1 fully saturated rings. The van der Waals surface area contributed by atoms with E-state index in [4.69, 9.17) is 5.73 Å². The highest BCUT2D eigenvalue weighted by atomic mass is 35.5. The Kier molecular flexibility index (Phi) is 5.48. The van der Waals surface area contributed by atoms with Crippen molar-refractivity contribution in [2.45, 2.75) is 52.0 Å². The molecule has 0 bridgehead atoms. The van der Waals surface area contributed by atoms with E-state index >= 15 is 0 Å². The summed E-state index contributed by atoms with van der Waals surface area (Å²) in [5.41, 5.74) is 10.6. The third kappa shape index (κ3) is 3.23. The summed E-state index contributed by atoms with van der Waals surface area (Å²) in [5.74, 6) is 0.703. The first-order valence-corrected chi connectivity index (χ1v) is 6.52. The predicted molar refractivity (Wildman–Crippen MR) is 76.7 cm³/mol. The zero-order chi connectivity index (χ0) is 11.5. The van der Waals surface area contributed by atoms with E-state index < -0.39 is 0 Å². The van der Waals surface area contributed by atoms with Gasteiger partial charge in [-0.2, -0.15) is 0 Å². The van der Waals surface area contributed by atoms with Crippen LogP contribution in [0.5, 0.6) is 0 Å². The van der Waals surface area contributed by atoms with Crippen LogP contribution in [0, 0.1) is 19.8 Å². The molecule has 2 N–H and O–H groups in total. The molecule has 17 heavy (non-hydrogen) atoms. The zero-order valence-corrected chi connectivity index (χ0v) is 11.7. The minimum absolute atomic E-state index is 0. The molecule has 96 valence electrons. The van der Waals surface area contributed by atoms with Gasteiger partial charge in [-0.15, -0.1) is 12.4 Å². The van der Waals surface area contributed by atoms with E-state index in [1.807, 2.05) is 0 Å². The minimum atomic E-state index is 0. The Hall–Kier alpha value is -0.530. The number of halogens is 1. The van der Waals surface area contributed by atoms with Crippen LogP contribution in [-0.4, -0.2) is 0 Å². The fourth-order valence-corrected chi connectivity index (χ4v) is 2.88. The molecule has 1 aliphatic rings. The molecule has 1 atom stereocenters. The van der Waals surface area contributed by atoms with E-state index in [0.717, 1.165) is 0 Å². The molecular formula is C15H24ClN. The van der Waals surface area contributed by atoms with E-state index in [2.05, 4.69) is 32.0 Å². The second-order valence-corrected chi connectivity index (χ2v) is 5.21. The van der Waals surface area contributed by atoms with Gasteiger partial charge < -0.3 is 5.73 Å². The molecule has 2 heteroatoms. The van der Waals surface area contributed by atoms with Crippen LogP contribution in [0.4, 0.5) is 0 Å². The Morgan fingerprint density at radius 3 is 2.41 bits per heavy atom. The molecule has 0 radical (unpaired) electrons. The third-order valence-electron chi connectivity index (χ3n) is 4.16. The highest BCUT2D eigenvalue weighted by Gasteiger charge is 2.22. The van der Waals surface area contributed by atoms with E-state index in [9.17, 15) is 0 Å². The van der Waals surface area contributed by atoms with Crippen LogP contribution in [0.15, 0.2) is 18.2 Å². The average Bonchev–Trinajstić information content (AvgIpc) is 2.33. The van der Waals surface area contributed by atoms with E-state index in [0.29, 0.717) is 5.92 Å². The minimum Gasteiger partial charge on any atom is -0.324 e. The Morgan fingerprint density at radius 1 is 1.12 bits per heavy atom. The average molecular weight is 254 g/mol. The summed E-state index contributed by atoms with van der Waals surface area (Å²) in [5, 5.41) is 0. The molecule has 1 saturated carbocycles. The number of nitrogens with two attached hydrogens (primary N) is 1. The number of hydrogen-bond acceptors (Lipinski definition) is 1. The van der Waals surface area contributed by atoms with Gasteiger partial charge in [-0.05, 0) is 49.3 Å². The lowest BCUT2D eigenvalue weighted by atomic mass is 9.80.